The van der Waals surface area contributed by atoms with E-state index in [4.69, 9.17) is 13.9 Å². The molecule has 0 aliphatic rings. The zero-order chi connectivity index (χ0) is 20.8. The molecule has 0 N–H and O–H groups in total. The van der Waals surface area contributed by atoms with Crippen LogP contribution in [0.25, 0.3) is 0 Å². The number of ether oxygens (including phenoxy) is 2. The minimum absolute atomic E-state index is 0.0242. The summed E-state index contributed by atoms with van der Waals surface area (Å²) in [5.74, 6) is -2.26. The van der Waals surface area contributed by atoms with Crippen LogP contribution in [0, 0.1) is 0 Å². The first-order valence-electron chi connectivity index (χ1n) is 8.83. The summed E-state index contributed by atoms with van der Waals surface area (Å²) < 4.78 is 16.6. The van der Waals surface area contributed by atoms with Gasteiger partial charge in [-0.3, -0.25) is 14.2 Å². The van der Waals surface area contributed by atoms with Crippen LogP contribution in [0.4, 0.5) is 0 Å². The van der Waals surface area contributed by atoms with Gasteiger partial charge in [-0.2, -0.15) is 0 Å². The summed E-state index contributed by atoms with van der Waals surface area (Å²) in [5.41, 5.74) is 1.24. The normalized spacial score (nSPS) is 11.7. The Morgan fingerprint density at radius 3 is 2.62 bits per heavy atom. The maximum atomic E-state index is 12.3. The number of carbonyl (C=O) groups is 2. The summed E-state index contributed by atoms with van der Waals surface area (Å²) >= 11 is 0. The predicted octanol–water partition coefficient (Wildman–Crippen LogP) is 1.76. The molecule has 2 aromatic heterocycles. The summed E-state index contributed by atoms with van der Waals surface area (Å²) in [4.78, 5) is 43.9. The molecule has 3 aromatic rings. The molecule has 0 fully saturated rings. The van der Waals surface area contributed by atoms with Crippen LogP contribution in [0.1, 0.15) is 40.4 Å². The first-order chi connectivity index (χ1) is 14.0. The Balaban J connectivity index is 1.86. The van der Waals surface area contributed by atoms with Gasteiger partial charge in [0.2, 0.25) is 11.7 Å². The van der Waals surface area contributed by atoms with E-state index in [0.29, 0.717) is 12.1 Å². The van der Waals surface area contributed by atoms with E-state index in [1.165, 1.54) is 36.5 Å². The van der Waals surface area contributed by atoms with Crippen molar-refractivity contribution >= 4 is 11.9 Å². The van der Waals surface area contributed by atoms with E-state index in [-0.39, 0.29) is 23.8 Å². The third kappa shape index (κ3) is 4.57. The number of esters is 2. The molecule has 0 bridgehead atoms. The van der Waals surface area contributed by atoms with Crippen molar-refractivity contribution in [3.8, 4) is 0 Å². The zero-order valence-corrected chi connectivity index (χ0v) is 15.9. The van der Waals surface area contributed by atoms with Gasteiger partial charge in [-0.25, -0.2) is 14.8 Å². The molecular formula is C20H19N3O6. The summed E-state index contributed by atoms with van der Waals surface area (Å²) in [7, 11) is 1.26. The smallest absolute Gasteiger partial charge is 0.375 e. The third-order valence-electron chi connectivity index (χ3n) is 4.14. The molecular weight excluding hydrogens is 378 g/mol. The van der Waals surface area contributed by atoms with Crippen molar-refractivity contribution < 1.29 is 23.5 Å². The standard InChI is InChI=1S/C20H19N3O6/c1-3-28-19(25)15-10-22-18(29-15)17(20(26)27-2)14-6-4-13(5-7-14)11-23-12-21-9-8-16(23)24/h4-10,12,17H,3,11H2,1-2H3. The van der Waals surface area contributed by atoms with Crippen LogP contribution in [0.3, 0.4) is 0 Å². The van der Waals surface area contributed by atoms with Gasteiger partial charge in [0.1, 0.15) is 0 Å². The fourth-order valence-corrected chi connectivity index (χ4v) is 2.72. The molecule has 29 heavy (non-hydrogen) atoms. The van der Waals surface area contributed by atoms with Gasteiger partial charge in [-0.1, -0.05) is 24.3 Å². The van der Waals surface area contributed by atoms with Crippen LogP contribution in [-0.4, -0.2) is 40.2 Å². The number of aromatic nitrogens is 3. The Labute approximate surface area is 165 Å². The quantitative estimate of drug-likeness (QED) is 0.554. The Morgan fingerprint density at radius 2 is 1.97 bits per heavy atom. The van der Waals surface area contributed by atoms with Gasteiger partial charge in [0, 0.05) is 12.3 Å². The van der Waals surface area contributed by atoms with Gasteiger partial charge in [0.15, 0.2) is 5.92 Å². The number of carbonyl (C=O) groups excluding carboxylic acids is 2. The number of nitrogens with zero attached hydrogens (tertiary/aromatic N) is 3. The second-order valence-corrected chi connectivity index (χ2v) is 6.03. The second-order valence-electron chi connectivity index (χ2n) is 6.03. The Morgan fingerprint density at radius 1 is 1.21 bits per heavy atom. The van der Waals surface area contributed by atoms with Gasteiger partial charge >= 0.3 is 11.9 Å². The van der Waals surface area contributed by atoms with Crippen molar-refractivity contribution in [2.75, 3.05) is 13.7 Å². The van der Waals surface area contributed by atoms with Gasteiger partial charge in [-0.05, 0) is 18.1 Å². The highest BCUT2D eigenvalue weighted by atomic mass is 16.5. The van der Waals surface area contributed by atoms with Gasteiger partial charge in [0.25, 0.3) is 5.56 Å². The number of hydrogen-bond acceptors (Lipinski definition) is 8. The lowest BCUT2D eigenvalue weighted by atomic mass is 9.98. The largest absolute Gasteiger partial charge is 0.468 e. The minimum atomic E-state index is -0.946. The molecule has 0 aliphatic heterocycles. The highest BCUT2D eigenvalue weighted by molar-refractivity contribution is 5.86. The fourth-order valence-electron chi connectivity index (χ4n) is 2.72. The van der Waals surface area contributed by atoms with E-state index >= 15 is 0 Å². The maximum Gasteiger partial charge on any atom is 0.375 e. The van der Waals surface area contributed by atoms with Crippen LogP contribution in [-0.2, 0) is 20.8 Å². The summed E-state index contributed by atoms with van der Waals surface area (Å²) in [6.07, 6.45) is 4.10. The Bertz CT molecular complexity index is 1050. The van der Waals surface area contributed by atoms with Crippen molar-refractivity contribution in [1.82, 2.24) is 14.5 Å². The number of rotatable bonds is 7. The average molecular weight is 397 g/mol. The van der Waals surface area contributed by atoms with E-state index in [1.807, 2.05) is 0 Å². The molecule has 0 amide bonds. The van der Waals surface area contributed by atoms with Crippen LogP contribution in [0.2, 0.25) is 0 Å². The molecule has 1 aromatic carbocycles. The highest BCUT2D eigenvalue weighted by Gasteiger charge is 2.29. The number of methoxy groups -OCH3 is 1. The van der Waals surface area contributed by atoms with E-state index in [1.54, 1.807) is 31.2 Å². The Kier molecular flexibility index (Phi) is 6.18. The van der Waals surface area contributed by atoms with Crippen molar-refractivity contribution in [3.05, 3.63) is 82.2 Å². The van der Waals surface area contributed by atoms with Gasteiger partial charge in [-0.15, -0.1) is 0 Å². The molecule has 1 unspecified atom stereocenters. The van der Waals surface area contributed by atoms with E-state index < -0.39 is 17.9 Å². The Hall–Kier alpha value is -3.75. The molecule has 3 rings (SSSR count). The SMILES string of the molecule is CCOC(=O)c1cnc(C(C(=O)OC)c2ccc(Cn3cnccc3=O)cc2)o1. The van der Waals surface area contributed by atoms with Crippen molar-refractivity contribution in [3.63, 3.8) is 0 Å². The molecule has 150 valence electrons. The van der Waals surface area contributed by atoms with Gasteiger partial charge in [0.05, 0.1) is 32.8 Å². The molecule has 1 atom stereocenters. The molecule has 9 nitrogen and oxygen atoms in total. The fraction of sp³-hybridized carbons (Fsp3) is 0.250. The second kappa shape index (κ2) is 8.96. The van der Waals surface area contributed by atoms with Crippen molar-refractivity contribution in [2.45, 2.75) is 19.4 Å². The first kappa shape index (κ1) is 20.0. The number of hydrogen-bond donors (Lipinski definition) is 0. The molecule has 0 saturated carbocycles. The number of benzene rings is 1. The minimum Gasteiger partial charge on any atom is -0.468 e. The van der Waals surface area contributed by atoms with Crippen LogP contribution < -0.4 is 5.56 Å². The average Bonchev–Trinajstić information content (AvgIpc) is 3.21. The lowest BCUT2D eigenvalue weighted by Crippen LogP contribution is -2.19. The van der Waals surface area contributed by atoms with Gasteiger partial charge < -0.3 is 13.9 Å². The van der Waals surface area contributed by atoms with Crippen LogP contribution in [0.5, 0.6) is 0 Å². The summed E-state index contributed by atoms with van der Waals surface area (Å²) in [6, 6.07) is 8.37. The molecule has 2 heterocycles. The topological polar surface area (TPSA) is 114 Å². The van der Waals surface area contributed by atoms with Crippen molar-refractivity contribution in [2.24, 2.45) is 0 Å². The molecule has 0 saturated heterocycles. The molecule has 0 aliphatic carbocycles. The van der Waals surface area contributed by atoms with Crippen LogP contribution in [0.15, 0.2) is 58.3 Å². The molecule has 0 spiro atoms. The van der Waals surface area contributed by atoms with Crippen molar-refractivity contribution in [1.29, 1.82) is 0 Å². The molecule has 0 radical (unpaired) electrons. The van der Waals surface area contributed by atoms with E-state index in [9.17, 15) is 14.4 Å². The lowest BCUT2D eigenvalue weighted by Gasteiger charge is -2.12. The van der Waals surface area contributed by atoms with E-state index in [2.05, 4.69) is 9.97 Å². The summed E-state index contributed by atoms with van der Waals surface area (Å²) in [5, 5.41) is 0. The maximum absolute atomic E-state index is 12.3. The third-order valence-corrected chi connectivity index (χ3v) is 4.14. The van der Waals surface area contributed by atoms with Crippen LogP contribution >= 0.6 is 0 Å². The highest BCUT2D eigenvalue weighted by Crippen LogP contribution is 2.26. The summed E-state index contributed by atoms with van der Waals surface area (Å²) in [6.45, 7) is 2.20. The monoisotopic (exact) mass is 397 g/mol. The lowest BCUT2D eigenvalue weighted by molar-refractivity contribution is -0.141. The zero-order valence-electron chi connectivity index (χ0n) is 15.9. The number of oxazole rings is 1. The first-order valence-corrected chi connectivity index (χ1v) is 8.83. The predicted molar refractivity (Wildman–Crippen MR) is 100 cm³/mol. The molecule has 9 heteroatoms. The van der Waals surface area contributed by atoms with E-state index in [0.717, 1.165) is 5.56 Å².